The average Bonchev–Trinajstić information content (AvgIpc) is 3.28. The Kier molecular flexibility index (Phi) is 6.45. The molecular weight excluding hydrogens is 461 g/mol. The molecule has 1 aliphatic heterocycles. The molecule has 0 aliphatic carbocycles. The van der Waals surface area contributed by atoms with Gasteiger partial charge in [0, 0.05) is 12.0 Å². The maximum atomic E-state index is 13.5. The van der Waals surface area contributed by atoms with E-state index in [1.807, 2.05) is 6.07 Å². The zero-order valence-corrected chi connectivity index (χ0v) is 19.7. The number of nitrogens with zero attached hydrogens (tertiary/aromatic N) is 2. The summed E-state index contributed by atoms with van der Waals surface area (Å²) in [4.78, 5) is -0.00145. The van der Waals surface area contributed by atoms with Crippen LogP contribution in [0.2, 0.25) is 0 Å². The highest BCUT2D eigenvalue weighted by atomic mass is 32.2. The van der Waals surface area contributed by atoms with Gasteiger partial charge in [-0.2, -0.15) is 5.10 Å². The molecule has 0 bridgehead atoms. The number of ether oxygens (including phenoxy) is 3. The zero-order chi connectivity index (χ0) is 24.5. The quantitative estimate of drug-likeness (QED) is 0.545. The Balaban J connectivity index is 1.83. The van der Waals surface area contributed by atoms with Gasteiger partial charge in [0.25, 0.3) is 0 Å². The lowest BCUT2D eigenvalue weighted by atomic mass is 9.96. The first-order valence-corrected chi connectivity index (χ1v) is 11.9. The van der Waals surface area contributed by atoms with Crippen molar-refractivity contribution in [3.8, 4) is 17.2 Å². The topological polar surface area (TPSA) is 103 Å². The normalized spacial score (nSPS) is 15.7. The number of hydrogen-bond acceptors (Lipinski definition) is 7. The smallest absolute Gasteiger partial charge is 0.238 e. The molecule has 1 heterocycles. The monoisotopic (exact) mass is 485 g/mol. The number of rotatable bonds is 7. The van der Waals surface area contributed by atoms with Gasteiger partial charge in [-0.3, -0.25) is 5.01 Å². The van der Waals surface area contributed by atoms with Crippen molar-refractivity contribution >= 4 is 21.4 Å². The SMILES string of the molecule is COc1ccc(C2CC(c3ccc(F)cc3)=NN2c2ccc(S(N)(=O)=O)cc2)c(OC)c1OC. The molecule has 0 radical (unpaired) electrons. The molecule has 0 saturated heterocycles. The summed E-state index contributed by atoms with van der Waals surface area (Å²) in [7, 11) is 0.784. The fraction of sp³-hybridized carbons (Fsp3) is 0.208. The number of benzene rings is 3. The summed E-state index contributed by atoms with van der Waals surface area (Å²) in [5, 5.41) is 11.8. The second-order valence-electron chi connectivity index (χ2n) is 7.58. The van der Waals surface area contributed by atoms with E-state index in [-0.39, 0.29) is 16.8 Å². The first kappa shape index (κ1) is 23.5. The van der Waals surface area contributed by atoms with Gasteiger partial charge in [0.1, 0.15) is 5.82 Å². The van der Waals surface area contributed by atoms with Crippen LogP contribution in [-0.2, 0) is 10.0 Å². The molecule has 2 N–H and O–H groups in total. The summed E-state index contributed by atoms with van der Waals surface area (Å²) in [5.41, 5.74) is 2.94. The van der Waals surface area contributed by atoms with Crippen molar-refractivity contribution in [1.82, 2.24) is 0 Å². The Hall–Kier alpha value is -3.63. The van der Waals surface area contributed by atoms with E-state index in [1.165, 1.54) is 31.4 Å². The van der Waals surface area contributed by atoms with Crippen molar-refractivity contribution in [2.75, 3.05) is 26.3 Å². The van der Waals surface area contributed by atoms with Crippen LogP contribution in [0.4, 0.5) is 10.1 Å². The molecule has 10 heteroatoms. The minimum absolute atomic E-state index is 0.00145. The molecule has 0 aromatic heterocycles. The van der Waals surface area contributed by atoms with E-state index in [4.69, 9.17) is 24.5 Å². The van der Waals surface area contributed by atoms with E-state index in [9.17, 15) is 12.8 Å². The van der Waals surface area contributed by atoms with Gasteiger partial charge in [-0.15, -0.1) is 0 Å². The molecule has 1 aliphatic rings. The summed E-state index contributed by atoms with van der Waals surface area (Å²) in [6.45, 7) is 0. The van der Waals surface area contributed by atoms with Crippen molar-refractivity contribution in [3.63, 3.8) is 0 Å². The van der Waals surface area contributed by atoms with E-state index in [1.54, 1.807) is 49.6 Å². The predicted molar refractivity (Wildman–Crippen MR) is 127 cm³/mol. The van der Waals surface area contributed by atoms with Gasteiger partial charge in [0.2, 0.25) is 15.8 Å². The van der Waals surface area contributed by atoms with Crippen LogP contribution in [0.15, 0.2) is 70.7 Å². The molecule has 8 nitrogen and oxygen atoms in total. The van der Waals surface area contributed by atoms with Crippen LogP contribution in [0.1, 0.15) is 23.6 Å². The maximum absolute atomic E-state index is 13.5. The number of anilines is 1. The zero-order valence-electron chi connectivity index (χ0n) is 18.9. The lowest BCUT2D eigenvalue weighted by Gasteiger charge is -2.26. The Morgan fingerprint density at radius 3 is 2.12 bits per heavy atom. The van der Waals surface area contributed by atoms with Gasteiger partial charge in [0.05, 0.1) is 43.7 Å². The third-order valence-electron chi connectivity index (χ3n) is 5.61. The Morgan fingerprint density at radius 2 is 1.56 bits per heavy atom. The molecule has 0 fully saturated rings. The molecule has 0 spiro atoms. The second kappa shape index (κ2) is 9.32. The largest absolute Gasteiger partial charge is 0.493 e. The van der Waals surface area contributed by atoms with Gasteiger partial charge in [0.15, 0.2) is 11.5 Å². The van der Waals surface area contributed by atoms with E-state index < -0.39 is 10.0 Å². The van der Waals surface area contributed by atoms with Crippen molar-refractivity contribution < 1.29 is 27.0 Å². The number of nitrogens with two attached hydrogens (primary N) is 1. The van der Waals surface area contributed by atoms with Crippen molar-refractivity contribution in [2.45, 2.75) is 17.4 Å². The van der Waals surface area contributed by atoms with Gasteiger partial charge >= 0.3 is 0 Å². The van der Waals surface area contributed by atoms with Crippen LogP contribution in [0.3, 0.4) is 0 Å². The van der Waals surface area contributed by atoms with Crippen LogP contribution in [0.25, 0.3) is 0 Å². The van der Waals surface area contributed by atoms with Gasteiger partial charge in [-0.25, -0.2) is 17.9 Å². The maximum Gasteiger partial charge on any atom is 0.238 e. The summed E-state index contributed by atoms with van der Waals surface area (Å²) in [5.74, 6) is 1.12. The van der Waals surface area contributed by atoms with E-state index in [0.717, 1.165) is 16.8 Å². The molecule has 1 unspecified atom stereocenters. The molecule has 178 valence electrons. The van der Waals surface area contributed by atoms with Crippen LogP contribution in [0, 0.1) is 5.82 Å². The van der Waals surface area contributed by atoms with Gasteiger partial charge in [-0.05, 0) is 54.1 Å². The highest BCUT2D eigenvalue weighted by molar-refractivity contribution is 7.89. The van der Waals surface area contributed by atoms with Crippen molar-refractivity contribution in [3.05, 3.63) is 77.6 Å². The van der Waals surface area contributed by atoms with Gasteiger partial charge in [-0.1, -0.05) is 12.1 Å². The first-order valence-electron chi connectivity index (χ1n) is 10.3. The molecule has 3 aromatic rings. The van der Waals surface area contributed by atoms with Crippen molar-refractivity contribution in [1.29, 1.82) is 0 Å². The highest BCUT2D eigenvalue weighted by Crippen LogP contribution is 2.47. The average molecular weight is 486 g/mol. The molecule has 0 amide bonds. The number of sulfonamides is 1. The Bertz CT molecular complexity index is 1330. The number of hydrogen-bond donors (Lipinski definition) is 1. The first-order chi connectivity index (χ1) is 16.3. The van der Waals surface area contributed by atoms with E-state index >= 15 is 0 Å². The van der Waals surface area contributed by atoms with Crippen LogP contribution in [-0.4, -0.2) is 35.5 Å². The Morgan fingerprint density at radius 1 is 0.912 bits per heavy atom. The van der Waals surface area contributed by atoms with E-state index in [2.05, 4.69) is 0 Å². The molecule has 3 aromatic carbocycles. The lowest BCUT2D eigenvalue weighted by Crippen LogP contribution is -2.20. The molecule has 4 rings (SSSR count). The predicted octanol–water partition coefficient (Wildman–Crippen LogP) is 3.85. The molecular formula is C24H24FN3O5S. The number of primary sulfonamides is 1. The van der Waals surface area contributed by atoms with Crippen LogP contribution >= 0.6 is 0 Å². The summed E-state index contributed by atoms with van der Waals surface area (Å²) in [6, 6.07) is 15.6. The third kappa shape index (κ3) is 4.42. The van der Waals surface area contributed by atoms with Crippen LogP contribution in [0.5, 0.6) is 17.2 Å². The van der Waals surface area contributed by atoms with Gasteiger partial charge < -0.3 is 14.2 Å². The summed E-state index contributed by atoms with van der Waals surface area (Å²) >= 11 is 0. The third-order valence-corrected chi connectivity index (χ3v) is 6.54. The molecule has 0 saturated carbocycles. The second-order valence-corrected chi connectivity index (χ2v) is 9.14. The lowest BCUT2D eigenvalue weighted by molar-refractivity contribution is 0.321. The molecule has 34 heavy (non-hydrogen) atoms. The summed E-state index contributed by atoms with van der Waals surface area (Å²) in [6.07, 6.45) is 0.481. The minimum atomic E-state index is -3.83. The number of hydrazone groups is 1. The number of halogens is 1. The van der Waals surface area contributed by atoms with Crippen molar-refractivity contribution in [2.24, 2.45) is 10.2 Å². The highest BCUT2D eigenvalue weighted by Gasteiger charge is 2.34. The Labute approximate surface area is 197 Å². The fourth-order valence-corrected chi connectivity index (χ4v) is 4.50. The number of methoxy groups -OCH3 is 3. The standard InChI is InChI=1S/C24H24FN3O5S/c1-31-22-13-12-19(23(32-2)24(22)33-3)21-14-20(15-4-6-16(25)7-5-15)27-28(21)17-8-10-18(11-9-17)34(26,29)30/h4-13,21H,14H2,1-3H3,(H2,26,29,30). The summed E-state index contributed by atoms with van der Waals surface area (Å²) < 4.78 is 53.5. The van der Waals surface area contributed by atoms with E-state index in [0.29, 0.717) is 29.4 Å². The van der Waals surface area contributed by atoms with Crippen LogP contribution < -0.4 is 24.4 Å². The fourth-order valence-electron chi connectivity index (χ4n) is 3.98. The molecule has 1 atom stereocenters. The minimum Gasteiger partial charge on any atom is -0.493 e.